The Labute approximate surface area is 105 Å². The summed E-state index contributed by atoms with van der Waals surface area (Å²) in [7, 11) is 0. The normalized spacial score (nSPS) is 11.2. The van der Waals surface area contributed by atoms with E-state index in [0.717, 1.165) is 0 Å². The second kappa shape index (κ2) is 6.13. The fraction of sp³-hybridized carbons (Fsp3) is 0.636. The van der Waals surface area contributed by atoms with Crippen LogP contribution in [0.5, 0.6) is 0 Å². The summed E-state index contributed by atoms with van der Waals surface area (Å²) in [5.41, 5.74) is -0.539. The average Bonchev–Trinajstić information content (AvgIpc) is 2.66. The molecule has 1 heterocycles. The number of carbonyl (C=O) groups excluding carboxylic acids is 1. The SMILES string of the molecule is CC(C)(CC(=O)O)CC(=O)NCCn1ccnn1. The van der Waals surface area contributed by atoms with Gasteiger partial charge >= 0.3 is 5.97 Å². The van der Waals surface area contributed by atoms with Crippen molar-refractivity contribution in [3.05, 3.63) is 12.4 Å². The van der Waals surface area contributed by atoms with Gasteiger partial charge in [0, 0.05) is 19.2 Å². The molecular formula is C11H18N4O3. The summed E-state index contributed by atoms with van der Waals surface area (Å²) in [4.78, 5) is 22.2. The van der Waals surface area contributed by atoms with Crippen molar-refractivity contribution in [1.82, 2.24) is 20.3 Å². The molecule has 1 rings (SSSR count). The van der Waals surface area contributed by atoms with E-state index in [1.807, 2.05) is 0 Å². The van der Waals surface area contributed by atoms with Gasteiger partial charge in [0.1, 0.15) is 0 Å². The van der Waals surface area contributed by atoms with Crippen LogP contribution in [0.1, 0.15) is 26.7 Å². The summed E-state index contributed by atoms with van der Waals surface area (Å²) in [6, 6.07) is 0. The fourth-order valence-electron chi connectivity index (χ4n) is 1.63. The van der Waals surface area contributed by atoms with E-state index in [-0.39, 0.29) is 18.7 Å². The Morgan fingerprint density at radius 2 is 2.11 bits per heavy atom. The second-order valence-corrected chi connectivity index (χ2v) is 4.93. The van der Waals surface area contributed by atoms with Gasteiger partial charge < -0.3 is 10.4 Å². The van der Waals surface area contributed by atoms with Crippen LogP contribution in [0.15, 0.2) is 12.4 Å². The fourth-order valence-corrected chi connectivity index (χ4v) is 1.63. The van der Waals surface area contributed by atoms with Crippen molar-refractivity contribution in [2.75, 3.05) is 6.54 Å². The molecule has 0 atom stereocenters. The van der Waals surface area contributed by atoms with E-state index in [1.54, 1.807) is 30.9 Å². The lowest BCUT2D eigenvalue weighted by molar-refractivity contribution is -0.139. The molecule has 1 aromatic heterocycles. The molecule has 0 saturated heterocycles. The van der Waals surface area contributed by atoms with Gasteiger partial charge in [-0.1, -0.05) is 19.1 Å². The number of rotatable bonds is 7. The van der Waals surface area contributed by atoms with E-state index in [9.17, 15) is 9.59 Å². The molecule has 18 heavy (non-hydrogen) atoms. The Bertz CT molecular complexity index is 400. The highest BCUT2D eigenvalue weighted by atomic mass is 16.4. The minimum Gasteiger partial charge on any atom is -0.481 e. The maximum atomic E-state index is 11.6. The summed E-state index contributed by atoms with van der Waals surface area (Å²) in [6.07, 6.45) is 3.44. The Morgan fingerprint density at radius 1 is 1.39 bits per heavy atom. The number of nitrogens with one attached hydrogen (secondary N) is 1. The number of aliphatic carboxylic acids is 1. The highest BCUT2D eigenvalue weighted by Crippen LogP contribution is 2.24. The molecule has 0 spiro atoms. The predicted molar refractivity (Wildman–Crippen MR) is 63.7 cm³/mol. The second-order valence-electron chi connectivity index (χ2n) is 4.93. The number of carboxylic acid groups (broad SMARTS) is 1. The van der Waals surface area contributed by atoms with Crippen LogP contribution in [0.4, 0.5) is 0 Å². The molecule has 0 fully saturated rings. The number of nitrogens with zero attached hydrogens (tertiary/aromatic N) is 3. The standard InChI is InChI=1S/C11H18N4O3/c1-11(2,8-10(17)18)7-9(16)12-3-5-15-6-4-13-14-15/h4,6H,3,5,7-8H2,1-2H3,(H,12,16)(H,17,18). The summed E-state index contributed by atoms with van der Waals surface area (Å²) >= 11 is 0. The maximum absolute atomic E-state index is 11.6. The van der Waals surface area contributed by atoms with Gasteiger partial charge in [-0.3, -0.25) is 14.3 Å². The molecule has 2 N–H and O–H groups in total. The zero-order valence-corrected chi connectivity index (χ0v) is 10.6. The highest BCUT2D eigenvalue weighted by molar-refractivity contribution is 5.77. The van der Waals surface area contributed by atoms with E-state index >= 15 is 0 Å². The quantitative estimate of drug-likeness (QED) is 0.728. The van der Waals surface area contributed by atoms with Gasteiger partial charge in [-0.15, -0.1) is 5.10 Å². The Morgan fingerprint density at radius 3 is 2.67 bits per heavy atom. The predicted octanol–water partition coefficient (Wildman–Crippen LogP) is 0.285. The van der Waals surface area contributed by atoms with Crippen LogP contribution in [0.25, 0.3) is 0 Å². The van der Waals surface area contributed by atoms with Crippen molar-refractivity contribution in [1.29, 1.82) is 0 Å². The first-order valence-electron chi connectivity index (χ1n) is 5.72. The molecule has 1 aromatic rings. The molecule has 1 amide bonds. The minimum atomic E-state index is -0.893. The van der Waals surface area contributed by atoms with Crippen molar-refractivity contribution in [3.8, 4) is 0 Å². The zero-order chi connectivity index (χ0) is 13.6. The maximum Gasteiger partial charge on any atom is 0.303 e. The molecule has 0 aromatic carbocycles. The van der Waals surface area contributed by atoms with Crippen molar-refractivity contribution < 1.29 is 14.7 Å². The number of carboxylic acids is 1. The van der Waals surface area contributed by atoms with Gasteiger partial charge in [0.2, 0.25) is 5.91 Å². The van der Waals surface area contributed by atoms with Crippen molar-refractivity contribution >= 4 is 11.9 Å². The van der Waals surface area contributed by atoms with Crippen molar-refractivity contribution in [2.45, 2.75) is 33.2 Å². The van der Waals surface area contributed by atoms with Crippen LogP contribution in [0.2, 0.25) is 0 Å². The summed E-state index contributed by atoms with van der Waals surface area (Å²) < 4.78 is 1.61. The van der Waals surface area contributed by atoms with Gasteiger partial charge in [0.25, 0.3) is 0 Å². The third-order valence-corrected chi connectivity index (χ3v) is 2.40. The average molecular weight is 254 g/mol. The number of hydrogen-bond donors (Lipinski definition) is 2. The summed E-state index contributed by atoms with van der Waals surface area (Å²) in [5.74, 6) is -1.04. The lowest BCUT2D eigenvalue weighted by atomic mass is 9.85. The van der Waals surface area contributed by atoms with Gasteiger partial charge in [-0.2, -0.15) is 0 Å². The molecule has 0 aliphatic rings. The minimum absolute atomic E-state index is 0.0243. The largest absolute Gasteiger partial charge is 0.481 e. The van der Waals surface area contributed by atoms with Crippen LogP contribution in [-0.2, 0) is 16.1 Å². The third kappa shape index (κ3) is 5.42. The van der Waals surface area contributed by atoms with Crippen molar-refractivity contribution in [2.24, 2.45) is 5.41 Å². The molecular weight excluding hydrogens is 236 g/mol. The van der Waals surface area contributed by atoms with E-state index in [2.05, 4.69) is 15.6 Å². The first kappa shape index (κ1) is 14.1. The van der Waals surface area contributed by atoms with Crippen LogP contribution < -0.4 is 5.32 Å². The lowest BCUT2D eigenvalue weighted by Gasteiger charge is -2.21. The molecule has 0 saturated carbocycles. The van der Waals surface area contributed by atoms with E-state index in [1.165, 1.54) is 0 Å². The molecule has 100 valence electrons. The highest BCUT2D eigenvalue weighted by Gasteiger charge is 2.24. The molecule has 0 aliphatic heterocycles. The molecule has 7 heteroatoms. The zero-order valence-electron chi connectivity index (χ0n) is 10.6. The smallest absolute Gasteiger partial charge is 0.303 e. The molecule has 0 radical (unpaired) electrons. The van der Waals surface area contributed by atoms with Gasteiger partial charge in [0.15, 0.2) is 0 Å². The summed E-state index contributed by atoms with van der Waals surface area (Å²) in [5, 5.41) is 18.9. The van der Waals surface area contributed by atoms with Crippen LogP contribution in [-0.4, -0.2) is 38.5 Å². The van der Waals surface area contributed by atoms with E-state index in [4.69, 9.17) is 5.11 Å². The number of hydrogen-bond acceptors (Lipinski definition) is 4. The Hall–Kier alpha value is -1.92. The molecule has 0 aliphatic carbocycles. The van der Waals surface area contributed by atoms with E-state index < -0.39 is 11.4 Å². The number of aromatic nitrogens is 3. The van der Waals surface area contributed by atoms with Crippen molar-refractivity contribution in [3.63, 3.8) is 0 Å². The van der Waals surface area contributed by atoms with Crippen LogP contribution >= 0.6 is 0 Å². The summed E-state index contributed by atoms with van der Waals surface area (Å²) in [6.45, 7) is 4.52. The lowest BCUT2D eigenvalue weighted by Crippen LogP contribution is -2.32. The first-order valence-corrected chi connectivity index (χ1v) is 5.72. The van der Waals surface area contributed by atoms with Crippen LogP contribution in [0.3, 0.4) is 0 Å². The van der Waals surface area contributed by atoms with Gasteiger partial charge in [-0.05, 0) is 5.41 Å². The molecule has 0 unspecified atom stereocenters. The Balaban J connectivity index is 2.26. The number of amides is 1. The van der Waals surface area contributed by atoms with Gasteiger partial charge in [-0.25, -0.2) is 0 Å². The molecule has 7 nitrogen and oxygen atoms in total. The first-order chi connectivity index (χ1) is 8.39. The van der Waals surface area contributed by atoms with E-state index in [0.29, 0.717) is 13.1 Å². The van der Waals surface area contributed by atoms with Crippen LogP contribution in [0, 0.1) is 5.41 Å². The number of carbonyl (C=O) groups is 2. The Kier molecular flexibility index (Phi) is 4.82. The monoisotopic (exact) mass is 254 g/mol. The molecule has 0 bridgehead atoms. The van der Waals surface area contributed by atoms with Gasteiger partial charge in [0.05, 0.1) is 19.2 Å². The topological polar surface area (TPSA) is 97.1 Å². The third-order valence-electron chi connectivity index (χ3n) is 2.40.